The number of hydrogen-bond donors (Lipinski definition) is 3. The fraction of sp³-hybridized carbons (Fsp3) is 0.345. The fourth-order valence-electron chi connectivity index (χ4n) is 3.98. The average molecular weight is 599 g/mol. The molecule has 3 N–H and O–H groups in total. The lowest BCUT2D eigenvalue weighted by molar-refractivity contribution is -0.145. The third kappa shape index (κ3) is 8.86. The van der Waals surface area contributed by atoms with Crippen molar-refractivity contribution in [1.82, 2.24) is 16.1 Å². The zero-order chi connectivity index (χ0) is 31.4. The number of methoxy groups -OCH3 is 2. The maximum Gasteiger partial charge on any atom is 0.344 e. The van der Waals surface area contributed by atoms with Gasteiger partial charge in [-0.2, -0.15) is 5.10 Å². The molecule has 1 atom stereocenters. The fourth-order valence-corrected chi connectivity index (χ4v) is 3.98. The molecule has 0 fully saturated rings. The summed E-state index contributed by atoms with van der Waals surface area (Å²) in [5, 5.41) is 9.22. The van der Waals surface area contributed by atoms with Crippen LogP contribution in [-0.4, -0.2) is 70.7 Å². The van der Waals surface area contributed by atoms with Crippen molar-refractivity contribution in [3.8, 4) is 23.0 Å². The molecule has 0 saturated carbocycles. The summed E-state index contributed by atoms with van der Waals surface area (Å²) in [6.07, 6.45) is 1.40. The van der Waals surface area contributed by atoms with Gasteiger partial charge in [-0.25, -0.2) is 19.8 Å². The first-order valence-corrected chi connectivity index (χ1v) is 13.2. The first-order valence-electron chi connectivity index (χ1n) is 13.2. The molecule has 0 aliphatic carbocycles. The number of rotatable bonds is 14. The molecular formula is C29H34N4O10. The van der Waals surface area contributed by atoms with Crippen molar-refractivity contribution in [2.24, 2.45) is 5.10 Å². The molecule has 0 bridgehead atoms. The van der Waals surface area contributed by atoms with E-state index in [0.29, 0.717) is 28.3 Å². The van der Waals surface area contributed by atoms with Gasteiger partial charge in [0.15, 0.2) is 36.2 Å². The number of benzene rings is 2. The van der Waals surface area contributed by atoms with Gasteiger partial charge < -0.3 is 39.1 Å². The van der Waals surface area contributed by atoms with Crippen LogP contribution in [0.4, 0.5) is 4.79 Å². The van der Waals surface area contributed by atoms with Gasteiger partial charge >= 0.3 is 18.0 Å². The Kier molecular flexibility index (Phi) is 11.7. The second kappa shape index (κ2) is 15.7. The summed E-state index contributed by atoms with van der Waals surface area (Å²) in [4.78, 5) is 48.6. The maximum absolute atomic E-state index is 12.6. The molecule has 1 aliphatic rings. The maximum atomic E-state index is 12.6. The minimum Gasteiger partial charge on any atom is -0.493 e. The topological polar surface area (TPSA) is 172 Å². The van der Waals surface area contributed by atoms with E-state index in [9.17, 15) is 19.2 Å². The Labute approximate surface area is 248 Å². The molecule has 0 spiro atoms. The number of urea groups is 1. The monoisotopic (exact) mass is 598 g/mol. The van der Waals surface area contributed by atoms with E-state index >= 15 is 0 Å². The highest BCUT2D eigenvalue weighted by Crippen LogP contribution is 2.34. The highest BCUT2D eigenvalue weighted by Gasteiger charge is 2.32. The van der Waals surface area contributed by atoms with Crippen molar-refractivity contribution < 1.29 is 47.6 Å². The zero-order valence-corrected chi connectivity index (χ0v) is 24.5. The Morgan fingerprint density at radius 2 is 1.56 bits per heavy atom. The van der Waals surface area contributed by atoms with Crippen LogP contribution in [0.2, 0.25) is 0 Å². The Morgan fingerprint density at radius 3 is 2.23 bits per heavy atom. The summed E-state index contributed by atoms with van der Waals surface area (Å²) in [6, 6.07) is 8.43. The third-order valence-electron chi connectivity index (χ3n) is 5.89. The Balaban J connectivity index is 1.61. The molecule has 0 unspecified atom stereocenters. The lowest BCUT2D eigenvalue weighted by atomic mass is 9.95. The number of nitrogens with one attached hydrogen (secondary N) is 3. The van der Waals surface area contributed by atoms with Gasteiger partial charge in [-0.1, -0.05) is 6.07 Å². The third-order valence-corrected chi connectivity index (χ3v) is 5.89. The quantitative estimate of drug-likeness (QED) is 0.167. The van der Waals surface area contributed by atoms with Gasteiger partial charge in [-0.05, 0) is 62.2 Å². The average Bonchev–Trinajstić information content (AvgIpc) is 2.99. The van der Waals surface area contributed by atoms with Crippen molar-refractivity contribution >= 4 is 30.1 Å². The van der Waals surface area contributed by atoms with Crippen molar-refractivity contribution in [3.63, 3.8) is 0 Å². The standard InChI is InChI=1S/C29H34N4O10/c1-6-40-25(35)16-43-20-10-8-18(12-22(20)38-4)14-30-33-24(34)15-42-21-11-9-19(13-23(21)39-5)27-26(28(36)41-7-2)17(3)31-29(37)32-27/h8-14,27H,6-7,15-16H2,1-5H3,(H,33,34)(H2,31,32,37)/b30-14-/t27-/m0/s1. The molecule has 3 rings (SSSR count). The van der Waals surface area contributed by atoms with E-state index in [4.69, 9.17) is 28.4 Å². The normalized spacial score (nSPS) is 14.3. The lowest BCUT2D eigenvalue weighted by Crippen LogP contribution is -2.45. The van der Waals surface area contributed by atoms with Crippen LogP contribution >= 0.6 is 0 Å². The van der Waals surface area contributed by atoms with Crippen LogP contribution in [0.5, 0.6) is 23.0 Å². The molecule has 0 saturated heterocycles. The van der Waals surface area contributed by atoms with Crippen molar-refractivity contribution in [3.05, 3.63) is 58.8 Å². The van der Waals surface area contributed by atoms with Crippen LogP contribution in [0.3, 0.4) is 0 Å². The molecule has 43 heavy (non-hydrogen) atoms. The lowest BCUT2D eigenvalue weighted by Gasteiger charge is -2.28. The predicted molar refractivity (Wildman–Crippen MR) is 153 cm³/mol. The van der Waals surface area contributed by atoms with E-state index in [2.05, 4.69) is 21.2 Å². The van der Waals surface area contributed by atoms with E-state index in [-0.39, 0.29) is 43.5 Å². The molecular weight excluding hydrogens is 564 g/mol. The van der Waals surface area contributed by atoms with Crippen molar-refractivity contribution in [1.29, 1.82) is 0 Å². The van der Waals surface area contributed by atoms with Crippen LogP contribution in [-0.2, 0) is 23.9 Å². The molecule has 1 aliphatic heterocycles. The summed E-state index contributed by atoms with van der Waals surface area (Å²) < 4.78 is 31.8. The van der Waals surface area contributed by atoms with Crippen LogP contribution in [0.25, 0.3) is 0 Å². The number of esters is 2. The summed E-state index contributed by atoms with van der Waals surface area (Å²) in [5.41, 5.74) is 4.14. The van der Waals surface area contributed by atoms with Crippen molar-refractivity contribution in [2.75, 3.05) is 40.6 Å². The Hall–Kier alpha value is -5.27. The van der Waals surface area contributed by atoms with Gasteiger partial charge in [0, 0.05) is 5.70 Å². The smallest absolute Gasteiger partial charge is 0.344 e. The van der Waals surface area contributed by atoms with E-state index in [1.165, 1.54) is 20.4 Å². The number of hydrazone groups is 1. The van der Waals surface area contributed by atoms with Gasteiger partial charge in [-0.3, -0.25) is 4.79 Å². The van der Waals surface area contributed by atoms with Gasteiger partial charge in [0.1, 0.15) is 0 Å². The number of hydrogen-bond acceptors (Lipinski definition) is 11. The molecule has 0 aromatic heterocycles. The number of nitrogens with zero attached hydrogens (tertiary/aromatic N) is 1. The first-order chi connectivity index (χ1) is 20.7. The van der Waals surface area contributed by atoms with Gasteiger partial charge in [0.25, 0.3) is 5.91 Å². The largest absolute Gasteiger partial charge is 0.493 e. The summed E-state index contributed by atoms with van der Waals surface area (Å²) >= 11 is 0. The first kappa shape index (κ1) is 32.2. The minimum absolute atomic E-state index is 0.173. The highest BCUT2D eigenvalue weighted by molar-refractivity contribution is 5.95. The zero-order valence-electron chi connectivity index (χ0n) is 24.5. The number of ether oxygens (including phenoxy) is 6. The second-order valence-corrected chi connectivity index (χ2v) is 8.79. The Bertz CT molecular complexity index is 1410. The molecule has 230 valence electrons. The minimum atomic E-state index is -0.787. The number of amides is 3. The van der Waals surface area contributed by atoms with E-state index in [1.807, 2.05) is 0 Å². The molecule has 14 heteroatoms. The second-order valence-electron chi connectivity index (χ2n) is 8.79. The molecule has 14 nitrogen and oxygen atoms in total. The Morgan fingerprint density at radius 1 is 0.907 bits per heavy atom. The molecule has 2 aromatic carbocycles. The van der Waals surface area contributed by atoms with Gasteiger partial charge in [0.05, 0.1) is 45.3 Å². The van der Waals surface area contributed by atoms with Gasteiger partial charge in [0.2, 0.25) is 0 Å². The number of carbonyl (C=O) groups is 4. The van der Waals surface area contributed by atoms with Crippen molar-refractivity contribution in [2.45, 2.75) is 26.8 Å². The van der Waals surface area contributed by atoms with Crippen LogP contribution in [0.15, 0.2) is 52.8 Å². The van der Waals surface area contributed by atoms with Crippen LogP contribution < -0.4 is 35.0 Å². The number of carbonyl (C=O) groups excluding carboxylic acids is 4. The highest BCUT2D eigenvalue weighted by atomic mass is 16.6. The van der Waals surface area contributed by atoms with E-state index in [0.717, 1.165) is 0 Å². The molecule has 3 amide bonds. The summed E-state index contributed by atoms with van der Waals surface area (Å²) in [6.45, 7) is 4.79. The molecule has 2 aromatic rings. The van der Waals surface area contributed by atoms with Gasteiger partial charge in [-0.15, -0.1) is 0 Å². The number of allylic oxidation sites excluding steroid dienone is 1. The predicted octanol–water partition coefficient (Wildman–Crippen LogP) is 2.37. The van der Waals surface area contributed by atoms with Crippen LogP contribution in [0.1, 0.15) is 37.9 Å². The summed E-state index contributed by atoms with van der Waals surface area (Å²) in [5.74, 6) is -0.368. The van der Waals surface area contributed by atoms with Crippen LogP contribution in [0, 0.1) is 0 Å². The van der Waals surface area contributed by atoms with E-state index < -0.39 is 29.9 Å². The SMILES string of the molecule is CCOC(=O)COc1ccc(/C=N\NC(=O)COc2ccc([C@@H]3NC(=O)NC(C)=C3C(=O)OCC)cc2OC)cc1OC. The molecule has 1 heterocycles. The molecule has 0 radical (unpaired) electrons. The van der Waals surface area contributed by atoms with E-state index in [1.54, 1.807) is 57.2 Å². The summed E-state index contributed by atoms with van der Waals surface area (Å²) in [7, 11) is 2.87.